The SMILES string of the molecule is C#CC1c2c(ccc3ccccc23)OCC1C(C)(C)F. The molecule has 0 bridgehead atoms. The third kappa shape index (κ3) is 1.94. The number of fused-ring (bicyclic) bond motifs is 3. The second kappa shape index (κ2) is 4.52. The average Bonchev–Trinajstić information content (AvgIpc) is 2.44. The molecular weight excluding hydrogens is 251 g/mol. The molecule has 2 atom stereocenters. The van der Waals surface area contributed by atoms with Gasteiger partial charge in [-0.3, -0.25) is 0 Å². The normalized spacial score (nSPS) is 21.9. The van der Waals surface area contributed by atoms with Gasteiger partial charge in [-0.2, -0.15) is 0 Å². The van der Waals surface area contributed by atoms with E-state index in [0.29, 0.717) is 6.61 Å². The van der Waals surface area contributed by atoms with Crippen LogP contribution in [0.2, 0.25) is 0 Å². The largest absolute Gasteiger partial charge is 0.493 e. The van der Waals surface area contributed by atoms with Crippen LogP contribution in [0.25, 0.3) is 10.8 Å². The number of halogens is 1. The first-order valence-electron chi connectivity index (χ1n) is 6.82. The third-order valence-corrected chi connectivity index (χ3v) is 4.12. The lowest BCUT2D eigenvalue weighted by molar-refractivity contribution is 0.0613. The van der Waals surface area contributed by atoms with Gasteiger partial charge in [-0.15, -0.1) is 6.42 Å². The lowest BCUT2D eigenvalue weighted by Gasteiger charge is -2.37. The Balaban J connectivity index is 2.24. The predicted molar refractivity (Wildman–Crippen MR) is 79.7 cm³/mol. The zero-order valence-electron chi connectivity index (χ0n) is 11.7. The van der Waals surface area contributed by atoms with Gasteiger partial charge < -0.3 is 4.74 Å². The van der Waals surface area contributed by atoms with Gasteiger partial charge in [0.1, 0.15) is 11.4 Å². The van der Waals surface area contributed by atoms with Gasteiger partial charge in [0.25, 0.3) is 0 Å². The van der Waals surface area contributed by atoms with E-state index in [1.807, 2.05) is 36.4 Å². The molecule has 0 radical (unpaired) electrons. The Hall–Kier alpha value is -2.01. The van der Waals surface area contributed by atoms with E-state index in [9.17, 15) is 4.39 Å². The maximum Gasteiger partial charge on any atom is 0.124 e. The van der Waals surface area contributed by atoms with Gasteiger partial charge in [-0.25, -0.2) is 4.39 Å². The molecule has 0 aromatic heterocycles. The summed E-state index contributed by atoms with van der Waals surface area (Å²) in [7, 11) is 0. The average molecular weight is 268 g/mol. The first-order chi connectivity index (χ1) is 9.52. The molecule has 0 amide bonds. The molecule has 0 saturated heterocycles. The zero-order chi connectivity index (χ0) is 14.3. The summed E-state index contributed by atoms with van der Waals surface area (Å²) in [5.74, 6) is 2.99. The monoisotopic (exact) mass is 268 g/mol. The number of ether oxygens (including phenoxy) is 1. The molecule has 0 N–H and O–H groups in total. The summed E-state index contributed by atoms with van der Waals surface area (Å²) in [5.41, 5.74) is -0.418. The second-order valence-electron chi connectivity index (χ2n) is 5.82. The molecule has 2 aromatic rings. The Morgan fingerprint density at radius 3 is 2.70 bits per heavy atom. The molecule has 2 heteroatoms. The van der Waals surface area contributed by atoms with E-state index in [1.165, 1.54) is 0 Å². The maximum atomic E-state index is 14.4. The van der Waals surface area contributed by atoms with Gasteiger partial charge in [-0.05, 0) is 30.7 Å². The highest BCUT2D eigenvalue weighted by atomic mass is 19.1. The first-order valence-corrected chi connectivity index (χ1v) is 6.82. The predicted octanol–water partition coefficient (Wildman–Crippen LogP) is 4.31. The van der Waals surface area contributed by atoms with E-state index in [4.69, 9.17) is 11.2 Å². The minimum absolute atomic E-state index is 0.259. The maximum absolute atomic E-state index is 14.4. The highest BCUT2D eigenvalue weighted by Crippen LogP contribution is 2.45. The molecule has 1 heterocycles. The van der Waals surface area contributed by atoms with Crippen LogP contribution in [0.15, 0.2) is 36.4 Å². The van der Waals surface area contributed by atoms with Crippen LogP contribution in [0.5, 0.6) is 5.75 Å². The molecule has 102 valence electrons. The highest BCUT2D eigenvalue weighted by Gasteiger charge is 2.41. The fourth-order valence-electron chi connectivity index (χ4n) is 2.99. The number of rotatable bonds is 1. The van der Waals surface area contributed by atoms with Crippen molar-refractivity contribution in [3.8, 4) is 18.1 Å². The molecule has 1 aliphatic heterocycles. The van der Waals surface area contributed by atoms with Crippen LogP contribution in [0, 0.1) is 18.3 Å². The molecule has 1 nitrogen and oxygen atoms in total. The summed E-state index contributed by atoms with van der Waals surface area (Å²) < 4.78 is 20.2. The lowest BCUT2D eigenvalue weighted by atomic mass is 9.75. The molecule has 0 fully saturated rings. The Morgan fingerprint density at radius 2 is 2.00 bits per heavy atom. The Kier molecular flexibility index (Phi) is 2.94. The van der Waals surface area contributed by atoms with Gasteiger partial charge in [0, 0.05) is 11.5 Å². The number of terminal acetylenes is 1. The fourth-order valence-corrected chi connectivity index (χ4v) is 2.99. The molecule has 0 spiro atoms. The number of benzene rings is 2. The molecule has 0 aliphatic carbocycles. The van der Waals surface area contributed by atoms with Crippen molar-refractivity contribution in [1.82, 2.24) is 0 Å². The van der Waals surface area contributed by atoms with Crippen LogP contribution in [0.4, 0.5) is 4.39 Å². The van der Waals surface area contributed by atoms with Crippen molar-refractivity contribution in [2.75, 3.05) is 6.61 Å². The molecule has 3 rings (SSSR count). The fraction of sp³-hybridized carbons (Fsp3) is 0.333. The zero-order valence-corrected chi connectivity index (χ0v) is 11.7. The molecular formula is C18H17FO. The van der Waals surface area contributed by atoms with Gasteiger partial charge in [0.15, 0.2) is 0 Å². The summed E-state index contributed by atoms with van der Waals surface area (Å²) in [5, 5.41) is 2.16. The van der Waals surface area contributed by atoms with Gasteiger partial charge in [0.2, 0.25) is 0 Å². The summed E-state index contributed by atoms with van der Waals surface area (Å²) in [4.78, 5) is 0. The van der Waals surface area contributed by atoms with E-state index in [-0.39, 0.29) is 11.8 Å². The van der Waals surface area contributed by atoms with E-state index >= 15 is 0 Å². The van der Waals surface area contributed by atoms with Crippen LogP contribution >= 0.6 is 0 Å². The van der Waals surface area contributed by atoms with Crippen molar-refractivity contribution in [3.05, 3.63) is 42.0 Å². The van der Waals surface area contributed by atoms with Gasteiger partial charge >= 0.3 is 0 Å². The van der Waals surface area contributed by atoms with Crippen molar-refractivity contribution in [1.29, 1.82) is 0 Å². The van der Waals surface area contributed by atoms with Crippen molar-refractivity contribution < 1.29 is 9.13 Å². The summed E-state index contributed by atoms with van der Waals surface area (Å²) in [6, 6.07) is 12.0. The Labute approximate surface area is 118 Å². The Bertz CT molecular complexity index is 691. The van der Waals surface area contributed by atoms with Crippen LogP contribution in [0.3, 0.4) is 0 Å². The topological polar surface area (TPSA) is 9.23 Å². The summed E-state index contributed by atoms with van der Waals surface area (Å²) in [6.07, 6.45) is 5.72. The van der Waals surface area contributed by atoms with Crippen LogP contribution in [-0.2, 0) is 0 Å². The molecule has 2 aromatic carbocycles. The van der Waals surface area contributed by atoms with Crippen molar-refractivity contribution in [2.24, 2.45) is 5.92 Å². The van der Waals surface area contributed by atoms with Gasteiger partial charge in [-0.1, -0.05) is 36.3 Å². The lowest BCUT2D eigenvalue weighted by Crippen LogP contribution is -2.38. The van der Waals surface area contributed by atoms with Crippen LogP contribution in [0.1, 0.15) is 25.3 Å². The number of alkyl halides is 1. The van der Waals surface area contributed by atoms with Gasteiger partial charge in [0.05, 0.1) is 12.5 Å². The van der Waals surface area contributed by atoms with Crippen LogP contribution < -0.4 is 4.74 Å². The summed E-state index contributed by atoms with van der Waals surface area (Å²) in [6.45, 7) is 3.46. The quantitative estimate of drug-likeness (QED) is 0.700. The Morgan fingerprint density at radius 1 is 1.25 bits per heavy atom. The van der Waals surface area contributed by atoms with E-state index < -0.39 is 5.67 Å². The van der Waals surface area contributed by atoms with E-state index in [0.717, 1.165) is 22.1 Å². The third-order valence-electron chi connectivity index (χ3n) is 4.12. The van der Waals surface area contributed by atoms with Crippen LogP contribution in [-0.4, -0.2) is 12.3 Å². The highest BCUT2D eigenvalue weighted by molar-refractivity contribution is 5.89. The number of hydrogen-bond donors (Lipinski definition) is 0. The summed E-state index contributed by atoms with van der Waals surface area (Å²) >= 11 is 0. The standard InChI is InChI=1S/C18H17FO/c1-4-13-15(18(2,3)19)11-20-16-10-9-12-7-5-6-8-14(12)17(13)16/h1,5-10,13,15H,11H2,2-3H3. The van der Waals surface area contributed by atoms with Crippen molar-refractivity contribution in [3.63, 3.8) is 0 Å². The minimum Gasteiger partial charge on any atom is -0.493 e. The minimum atomic E-state index is -1.37. The van der Waals surface area contributed by atoms with E-state index in [1.54, 1.807) is 13.8 Å². The first kappa shape index (κ1) is 13.0. The van der Waals surface area contributed by atoms with Crippen molar-refractivity contribution >= 4 is 10.8 Å². The molecule has 1 aliphatic rings. The second-order valence-corrected chi connectivity index (χ2v) is 5.82. The molecule has 2 unspecified atom stereocenters. The van der Waals surface area contributed by atoms with E-state index in [2.05, 4.69) is 5.92 Å². The molecule has 0 saturated carbocycles. The molecule has 20 heavy (non-hydrogen) atoms. The number of hydrogen-bond acceptors (Lipinski definition) is 1. The van der Waals surface area contributed by atoms with Crippen molar-refractivity contribution in [2.45, 2.75) is 25.4 Å². The smallest absolute Gasteiger partial charge is 0.124 e.